The number of hydrogen-bond donors (Lipinski definition) is 0. The van der Waals surface area contributed by atoms with Crippen molar-refractivity contribution in [2.45, 2.75) is 46.0 Å². The molecule has 0 aliphatic carbocycles. The maximum Gasteiger partial charge on any atom is 0.229 e. The first-order valence-electron chi connectivity index (χ1n) is 17.4. The van der Waals surface area contributed by atoms with Gasteiger partial charge in [-0.3, -0.25) is 4.99 Å². The summed E-state index contributed by atoms with van der Waals surface area (Å²) in [5, 5.41) is 4.77. The van der Waals surface area contributed by atoms with Crippen LogP contribution in [0.3, 0.4) is 0 Å². The van der Waals surface area contributed by atoms with Crippen LogP contribution in [0.2, 0.25) is 0 Å². The molecule has 0 bridgehead atoms. The summed E-state index contributed by atoms with van der Waals surface area (Å²) in [4.78, 5) is 10.2. The molecule has 0 radical (unpaired) electrons. The lowest BCUT2D eigenvalue weighted by Gasteiger charge is -2.20. The van der Waals surface area contributed by atoms with E-state index in [9.17, 15) is 0 Å². The number of hydrogen-bond acceptors (Lipinski definition) is 3. The van der Waals surface area contributed by atoms with E-state index in [2.05, 4.69) is 150 Å². The summed E-state index contributed by atoms with van der Waals surface area (Å²) in [5.74, 6) is 1.06. The molecule has 0 atom stereocenters. The molecule has 0 saturated carbocycles. The number of benzene rings is 7. The van der Waals surface area contributed by atoms with Gasteiger partial charge in [0.15, 0.2) is 5.58 Å². The van der Waals surface area contributed by atoms with Crippen molar-refractivity contribution in [1.82, 2.24) is 4.98 Å². The summed E-state index contributed by atoms with van der Waals surface area (Å²) >= 11 is 0. The summed E-state index contributed by atoms with van der Waals surface area (Å²) in [5.41, 5.74) is 11.4. The molecular weight excluding hydrogens is 609 g/mol. The van der Waals surface area contributed by atoms with Crippen LogP contribution in [-0.2, 0) is 5.41 Å². The molecule has 8 aromatic rings. The summed E-state index contributed by atoms with van der Waals surface area (Å²) in [6, 6.07) is 49.5. The predicted octanol–water partition coefficient (Wildman–Crippen LogP) is 13.3. The summed E-state index contributed by atoms with van der Waals surface area (Å²) < 4.78 is 6.67. The number of aromatic nitrogens is 1. The fourth-order valence-electron chi connectivity index (χ4n) is 6.89. The first kappa shape index (κ1) is 31.5. The summed E-state index contributed by atoms with van der Waals surface area (Å²) in [6.07, 6.45) is 1.94. The van der Waals surface area contributed by atoms with E-state index in [0.717, 1.165) is 39.0 Å². The van der Waals surface area contributed by atoms with Crippen molar-refractivity contribution in [2.75, 3.05) is 0 Å². The molecule has 0 unspecified atom stereocenters. The van der Waals surface area contributed by atoms with Crippen LogP contribution < -0.4 is 0 Å². The molecule has 0 N–H and O–H groups in total. The first-order chi connectivity index (χ1) is 24.2. The molecule has 0 aliphatic heterocycles. The van der Waals surface area contributed by atoms with Crippen molar-refractivity contribution in [1.29, 1.82) is 0 Å². The van der Waals surface area contributed by atoms with Gasteiger partial charge in [-0.15, -0.1) is 0 Å². The second-order valence-corrected chi connectivity index (χ2v) is 14.5. The third kappa shape index (κ3) is 5.79. The van der Waals surface area contributed by atoms with Crippen molar-refractivity contribution in [2.24, 2.45) is 4.99 Å². The Morgan fingerprint density at radius 1 is 0.620 bits per heavy atom. The third-order valence-corrected chi connectivity index (χ3v) is 9.76. The minimum atomic E-state index is -0.0928. The fourth-order valence-corrected chi connectivity index (χ4v) is 6.89. The lowest BCUT2D eigenvalue weighted by atomic mass is 9.84. The molecule has 1 aromatic heterocycles. The highest BCUT2D eigenvalue weighted by Crippen LogP contribution is 2.42. The van der Waals surface area contributed by atoms with E-state index < -0.39 is 0 Å². The zero-order valence-corrected chi connectivity index (χ0v) is 29.2. The zero-order valence-electron chi connectivity index (χ0n) is 29.2. The lowest BCUT2D eigenvalue weighted by Crippen LogP contribution is -2.11. The van der Waals surface area contributed by atoms with Gasteiger partial charge in [0.1, 0.15) is 5.52 Å². The number of fused-ring (bicyclic) bond motifs is 3. The van der Waals surface area contributed by atoms with Gasteiger partial charge in [0.25, 0.3) is 0 Å². The monoisotopic (exact) mass is 648 g/mol. The van der Waals surface area contributed by atoms with Crippen LogP contribution >= 0.6 is 0 Å². The lowest BCUT2D eigenvalue weighted by molar-refractivity contribution is 0.584. The molecule has 3 heteroatoms. The van der Waals surface area contributed by atoms with Crippen LogP contribution in [0.25, 0.3) is 66.4 Å². The van der Waals surface area contributed by atoms with Crippen LogP contribution in [0, 0.1) is 0 Å². The van der Waals surface area contributed by atoms with Gasteiger partial charge in [-0.1, -0.05) is 150 Å². The van der Waals surface area contributed by atoms with Crippen LogP contribution in [0.5, 0.6) is 0 Å². The summed E-state index contributed by atoms with van der Waals surface area (Å²) in [6.45, 7) is 11.2. The Labute approximate surface area is 294 Å². The van der Waals surface area contributed by atoms with Crippen molar-refractivity contribution < 1.29 is 4.42 Å². The minimum absolute atomic E-state index is 0.0928. The van der Waals surface area contributed by atoms with Gasteiger partial charge in [-0.25, -0.2) is 4.98 Å². The Bertz CT molecular complexity index is 2540. The van der Waals surface area contributed by atoms with Gasteiger partial charge >= 0.3 is 0 Å². The van der Waals surface area contributed by atoms with Crippen molar-refractivity contribution >= 4 is 44.5 Å². The third-order valence-electron chi connectivity index (χ3n) is 9.76. The Hall–Kier alpha value is -5.80. The van der Waals surface area contributed by atoms with Gasteiger partial charge in [-0.05, 0) is 85.0 Å². The number of oxazole rings is 1. The smallest absolute Gasteiger partial charge is 0.229 e. The molecule has 244 valence electrons. The van der Waals surface area contributed by atoms with Gasteiger partial charge < -0.3 is 4.42 Å². The Morgan fingerprint density at radius 3 is 2.04 bits per heavy atom. The zero-order chi connectivity index (χ0) is 34.4. The molecule has 0 saturated heterocycles. The SMILES string of the molecule is CC(C)c1ccc(-c2ccc(-c3cc(C(C)(C)C)cc4oc(-c5ccccc5N=Cc5cccc6ccccc56)nc34)c3ccccc23)cc1. The Morgan fingerprint density at radius 2 is 1.28 bits per heavy atom. The molecule has 50 heavy (non-hydrogen) atoms. The van der Waals surface area contributed by atoms with Gasteiger partial charge in [0, 0.05) is 17.3 Å². The maximum absolute atomic E-state index is 6.67. The van der Waals surface area contributed by atoms with Gasteiger partial charge in [0.05, 0.1) is 11.3 Å². The highest BCUT2D eigenvalue weighted by Gasteiger charge is 2.23. The topological polar surface area (TPSA) is 38.4 Å². The predicted molar refractivity (Wildman–Crippen MR) is 212 cm³/mol. The molecule has 7 aromatic carbocycles. The van der Waals surface area contributed by atoms with Crippen LogP contribution in [-0.4, -0.2) is 11.2 Å². The standard InChI is InChI=1S/C47H40N2O/c1-30(2)31-21-23-33(24-22-31)37-25-26-40(39-18-9-8-17-38(37)39)42-27-35(47(3,4)5)28-44-45(42)49-46(50-44)41-19-10-11-20-43(41)48-29-34-15-12-14-32-13-6-7-16-36(32)34/h6-30H,1-5H3. The number of rotatable bonds is 6. The van der Waals surface area contributed by atoms with E-state index in [0.29, 0.717) is 11.8 Å². The van der Waals surface area contributed by atoms with Crippen LogP contribution in [0.15, 0.2) is 149 Å². The molecule has 1 heterocycles. The largest absolute Gasteiger partial charge is 0.436 e. The van der Waals surface area contributed by atoms with E-state index in [-0.39, 0.29) is 5.41 Å². The minimum Gasteiger partial charge on any atom is -0.436 e. The quantitative estimate of drug-likeness (QED) is 0.168. The number of para-hydroxylation sites is 1. The number of nitrogens with zero attached hydrogens (tertiary/aromatic N) is 2. The van der Waals surface area contributed by atoms with Crippen molar-refractivity contribution in [3.05, 3.63) is 156 Å². The average Bonchev–Trinajstić information content (AvgIpc) is 3.57. The molecule has 0 amide bonds. The van der Waals surface area contributed by atoms with Gasteiger partial charge in [-0.2, -0.15) is 0 Å². The molecule has 0 spiro atoms. The molecule has 0 aliphatic rings. The van der Waals surface area contributed by atoms with E-state index in [1.165, 1.54) is 43.8 Å². The highest BCUT2D eigenvalue weighted by molar-refractivity contribution is 6.09. The number of aliphatic imine (C=N–C) groups is 1. The second-order valence-electron chi connectivity index (χ2n) is 14.5. The van der Waals surface area contributed by atoms with Gasteiger partial charge in [0.2, 0.25) is 5.89 Å². The fraction of sp³-hybridized carbons (Fsp3) is 0.149. The average molecular weight is 649 g/mol. The Balaban J connectivity index is 1.28. The summed E-state index contributed by atoms with van der Waals surface area (Å²) in [7, 11) is 0. The first-order valence-corrected chi connectivity index (χ1v) is 17.4. The molecule has 3 nitrogen and oxygen atoms in total. The Kier molecular flexibility index (Phi) is 7.92. The normalized spacial score (nSPS) is 12.2. The van der Waals surface area contributed by atoms with E-state index in [1.807, 2.05) is 30.5 Å². The second kappa shape index (κ2) is 12.6. The van der Waals surface area contributed by atoms with Crippen LogP contribution in [0.4, 0.5) is 5.69 Å². The molecule has 8 rings (SSSR count). The molecule has 0 fully saturated rings. The van der Waals surface area contributed by atoms with E-state index >= 15 is 0 Å². The van der Waals surface area contributed by atoms with Crippen molar-refractivity contribution in [3.8, 4) is 33.7 Å². The van der Waals surface area contributed by atoms with Crippen LogP contribution in [0.1, 0.15) is 57.2 Å². The highest BCUT2D eigenvalue weighted by atomic mass is 16.3. The van der Waals surface area contributed by atoms with Crippen molar-refractivity contribution in [3.63, 3.8) is 0 Å². The molecular formula is C47H40N2O. The maximum atomic E-state index is 6.67. The van der Waals surface area contributed by atoms with E-state index in [4.69, 9.17) is 14.4 Å². The van der Waals surface area contributed by atoms with E-state index in [1.54, 1.807) is 0 Å².